The summed E-state index contributed by atoms with van der Waals surface area (Å²) in [5, 5.41) is -0.546. The Bertz CT molecular complexity index is 1100. The maximum absolute atomic E-state index is 13.2. The molecule has 0 bridgehead atoms. The average molecular weight is 455 g/mol. The Morgan fingerprint density at radius 2 is 1.60 bits per heavy atom. The van der Waals surface area contributed by atoms with Gasteiger partial charge in [0.1, 0.15) is 5.82 Å². The fourth-order valence-electron chi connectivity index (χ4n) is 3.39. The van der Waals surface area contributed by atoms with Crippen molar-refractivity contribution in [1.29, 1.82) is 0 Å². The lowest BCUT2D eigenvalue weighted by Gasteiger charge is -2.31. The summed E-state index contributed by atoms with van der Waals surface area (Å²) < 4.78 is 65.2. The molecule has 10 heteroatoms. The van der Waals surface area contributed by atoms with Crippen LogP contribution in [0.2, 0.25) is 0 Å². The van der Waals surface area contributed by atoms with Gasteiger partial charge in [-0.1, -0.05) is 24.3 Å². The molecular weight excluding hydrogens is 431 g/mol. The van der Waals surface area contributed by atoms with Crippen molar-refractivity contribution < 1.29 is 26.0 Å². The van der Waals surface area contributed by atoms with Crippen molar-refractivity contribution in [2.45, 2.75) is 34.3 Å². The summed E-state index contributed by atoms with van der Waals surface area (Å²) in [6.07, 6.45) is 0.598. The number of carbonyl (C=O) groups is 1. The lowest BCUT2D eigenvalue weighted by Crippen LogP contribution is -2.43. The Kier molecular flexibility index (Phi) is 6.89. The van der Waals surface area contributed by atoms with Gasteiger partial charge in [0, 0.05) is 26.1 Å². The lowest BCUT2D eigenvalue weighted by molar-refractivity contribution is -0.131. The molecule has 1 aliphatic heterocycles. The molecule has 30 heavy (non-hydrogen) atoms. The number of benzene rings is 2. The van der Waals surface area contributed by atoms with Gasteiger partial charge in [0.25, 0.3) is 0 Å². The van der Waals surface area contributed by atoms with Gasteiger partial charge in [0.15, 0.2) is 9.84 Å². The van der Waals surface area contributed by atoms with Gasteiger partial charge in [-0.25, -0.2) is 25.9 Å². The van der Waals surface area contributed by atoms with Gasteiger partial charge < -0.3 is 4.90 Å². The Labute approximate surface area is 175 Å². The van der Waals surface area contributed by atoms with Crippen LogP contribution in [-0.2, 0) is 24.7 Å². The summed E-state index contributed by atoms with van der Waals surface area (Å²) in [6, 6.07) is 12.9. The van der Waals surface area contributed by atoms with E-state index in [1.54, 1.807) is 35.2 Å². The lowest BCUT2D eigenvalue weighted by atomic mass is 10.1. The molecule has 1 saturated heterocycles. The highest BCUT2D eigenvalue weighted by Crippen LogP contribution is 2.24. The van der Waals surface area contributed by atoms with E-state index in [1.165, 1.54) is 12.1 Å². The normalized spacial score (nSPS) is 15.8. The first-order chi connectivity index (χ1) is 14.2. The second kappa shape index (κ2) is 9.23. The molecule has 0 spiro atoms. The first-order valence-electron chi connectivity index (χ1n) is 9.52. The third kappa shape index (κ3) is 5.24. The van der Waals surface area contributed by atoms with Crippen molar-refractivity contribution >= 4 is 25.8 Å². The molecule has 0 saturated carbocycles. The fourth-order valence-corrected chi connectivity index (χ4v) is 6.20. The third-order valence-corrected chi connectivity index (χ3v) is 8.78. The van der Waals surface area contributed by atoms with E-state index in [-0.39, 0.29) is 28.7 Å². The van der Waals surface area contributed by atoms with Crippen molar-refractivity contribution in [3.63, 3.8) is 0 Å². The zero-order valence-corrected chi connectivity index (χ0v) is 17.8. The maximum atomic E-state index is 13.2. The number of halogens is 1. The van der Waals surface area contributed by atoms with Crippen LogP contribution >= 0.6 is 0 Å². The zero-order valence-electron chi connectivity index (χ0n) is 16.2. The van der Waals surface area contributed by atoms with Crippen molar-refractivity contribution in [1.82, 2.24) is 9.62 Å². The summed E-state index contributed by atoms with van der Waals surface area (Å²) in [4.78, 5) is 14.0. The molecule has 0 aliphatic carbocycles. The van der Waals surface area contributed by atoms with Gasteiger partial charge in [-0.3, -0.25) is 4.79 Å². The molecule has 1 heterocycles. The van der Waals surface area contributed by atoms with E-state index in [0.717, 1.165) is 12.1 Å². The molecule has 7 nitrogen and oxygen atoms in total. The minimum atomic E-state index is -3.91. The van der Waals surface area contributed by atoms with Gasteiger partial charge in [0.05, 0.1) is 15.0 Å². The smallest absolute Gasteiger partial charge is 0.240 e. The van der Waals surface area contributed by atoms with Gasteiger partial charge in [-0.15, -0.1) is 0 Å². The number of piperidine rings is 1. The monoisotopic (exact) mass is 454 g/mol. The predicted molar refractivity (Wildman–Crippen MR) is 109 cm³/mol. The molecular formula is C20H23FN2O5S2. The van der Waals surface area contributed by atoms with Crippen molar-refractivity contribution in [2.24, 2.45) is 0 Å². The largest absolute Gasteiger partial charge is 0.343 e. The van der Waals surface area contributed by atoms with Crippen LogP contribution in [0.15, 0.2) is 64.4 Å². The molecule has 1 aliphatic rings. The van der Waals surface area contributed by atoms with Crippen LogP contribution in [0.3, 0.4) is 0 Å². The van der Waals surface area contributed by atoms with Crippen LogP contribution in [0.4, 0.5) is 4.39 Å². The SMILES string of the molecule is O=C(CCNS(=O)(=O)c1cccc(F)c1)N1CCC(S(=O)(=O)c2ccccc2)CC1. The third-order valence-electron chi connectivity index (χ3n) is 5.04. The molecule has 0 unspecified atom stereocenters. The van der Waals surface area contributed by atoms with Gasteiger partial charge in [-0.2, -0.15) is 0 Å². The number of likely N-dealkylation sites (tertiary alicyclic amines) is 1. The molecule has 1 fully saturated rings. The molecule has 2 aromatic carbocycles. The number of carbonyl (C=O) groups excluding carboxylic acids is 1. The molecule has 162 valence electrons. The highest BCUT2D eigenvalue weighted by molar-refractivity contribution is 7.92. The van der Waals surface area contributed by atoms with Gasteiger partial charge in [0.2, 0.25) is 15.9 Å². The van der Waals surface area contributed by atoms with E-state index >= 15 is 0 Å². The van der Waals surface area contributed by atoms with Crippen LogP contribution in [0.25, 0.3) is 0 Å². The van der Waals surface area contributed by atoms with Gasteiger partial charge in [-0.05, 0) is 43.2 Å². The topological polar surface area (TPSA) is 101 Å². The quantitative estimate of drug-likeness (QED) is 0.689. The van der Waals surface area contributed by atoms with E-state index in [2.05, 4.69) is 4.72 Å². The Balaban J connectivity index is 1.50. The Morgan fingerprint density at radius 1 is 0.967 bits per heavy atom. The highest BCUT2D eigenvalue weighted by Gasteiger charge is 2.32. The first-order valence-corrected chi connectivity index (χ1v) is 12.5. The van der Waals surface area contributed by atoms with Crippen molar-refractivity contribution in [3.05, 3.63) is 60.4 Å². The van der Waals surface area contributed by atoms with Crippen LogP contribution in [0.5, 0.6) is 0 Å². The number of hydrogen-bond donors (Lipinski definition) is 1. The van der Waals surface area contributed by atoms with E-state index in [1.807, 2.05) is 0 Å². The summed E-state index contributed by atoms with van der Waals surface area (Å²) in [5.74, 6) is -0.922. The molecule has 0 radical (unpaired) electrons. The number of amides is 1. The van der Waals surface area contributed by atoms with Crippen LogP contribution in [0.1, 0.15) is 19.3 Å². The summed E-state index contributed by atoms with van der Waals surface area (Å²) in [7, 11) is -7.35. The molecule has 0 aromatic heterocycles. The Morgan fingerprint density at radius 3 is 2.23 bits per heavy atom. The standard InChI is InChI=1S/C20H23FN2O5S2/c21-16-5-4-8-19(15-16)30(27,28)22-12-9-20(24)23-13-10-18(11-14-23)29(25,26)17-6-2-1-3-7-17/h1-8,15,18,22H,9-14H2. The minimum Gasteiger partial charge on any atom is -0.343 e. The van der Waals surface area contributed by atoms with E-state index < -0.39 is 30.9 Å². The van der Waals surface area contributed by atoms with Crippen LogP contribution in [-0.4, -0.2) is 52.5 Å². The van der Waals surface area contributed by atoms with Crippen LogP contribution in [0, 0.1) is 5.82 Å². The predicted octanol–water partition coefficient (Wildman–Crippen LogP) is 1.96. The maximum Gasteiger partial charge on any atom is 0.240 e. The number of hydrogen-bond acceptors (Lipinski definition) is 5. The summed E-state index contributed by atoms with van der Waals surface area (Å²) >= 11 is 0. The number of sulfone groups is 1. The van der Waals surface area contributed by atoms with Crippen molar-refractivity contribution in [3.8, 4) is 0 Å². The molecule has 1 amide bonds. The molecule has 1 N–H and O–H groups in total. The average Bonchev–Trinajstić information content (AvgIpc) is 2.74. The zero-order chi connectivity index (χ0) is 21.8. The second-order valence-electron chi connectivity index (χ2n) is 7.04. The van der Waals surface area contributed by atoms with Gasteiger partial charge >= 0.3 is 0 Å². The molecule has 0 atom stereocenters. The highest BCUT2D eigenvalue weighted by atomic mass is 32.2. The molecule has 2 aromatic rings. The first kappa shape index (κ1) is 22.4. The van der Waals surface area contributed by atoms with E-state index in [9.17, 15) is 26.0 Å². The number of sulfonamides is 1. The Hall–Kier alpha value is -2.30. The minimum absolute atomic E-state index is 0.0648. The van der Waals surface area contributed by atoms with Crippen molar-refractivity contribution in [2.75, 3.05) is 19.6 Å². The van der Waals surface area contributed by atoms with Crippen LogP contribution < -0.4 is 4.72 Å². The van der Waals surface area contributed by atoms with E-state index in [4.69, 9.17) is 0 Å². The molecule has 3 rings (SSSR count). The number of nitrogens with one attached hydrogen (secondary N) is 1. The fraction of sp³-hybridized carbons (Fsp3) is 0.350. The van der Waals surface area contributed by atoms with E-state index in [0.29, 0.717) is 25.9 Å². The number of nitrogens with zero attached hydrogens (tertiary/aromatic N) is 1. The summed E-state index contributed by atoms with van der Waals surface area (Å²) in [6.45, 7) is 0.471. The second-order valence-corrected chi connectivity index (χ2v) is 11.0. The number of rotatable bonds is 7. The summed E-state index contributed by atoms with van der Waals surface area (Å²) in [5.41, 5.74) is 0.